The van der Waals surface area contributed by atoms with Gasteiger partial charge in [0.15, 0.2) is 0 Å². The SMILES string of the molecule is Cl.N[C@H](CC(F)(F)F)c1cccc(OC(F)(F)C(F)F)c1. The van der Waals surface area contributed by atoms with Gasteiger partial charge in [-0.25, -0.2) is 0 Å². The number of ether oxygens (including phenoxy) is 1. The molecule has 21 heavy (non-hydrogen) atoms. The second-order valence-electron chi connectivity index (χ2n) is 3.96. The smallest absolute Gasteiger partial charge is 0.428 e. The summed E-state index contributed by atoms with van der Waals surface area (Å²) in [6.07, 6.45) is -14.7. The van der Waals surface area contributed by atoms with Gasteiger partial charge in [0.05, 0.1) is 6.42 Å². The van der Waals surface area contributed by atoms with E-state index in [0.29, 0.717) is 0 Å². The summed E-state index contributed by atoms with van der Waals surface area (Å²) in [5, 5.41) is 0. The van der Waals surface area contributed by atoms with Crippen LogP contribution in [0.3, 0.4) is 0 Å². The molecule has 0 spiro atoms. The average molecular weight is 342 g/mol. The van der Waals surface area contributed by atoms with E-state index in [4.69, 9.17) is 5.73 Å². The van der Waals surface area contributed by atoms with E-state index in [-0.39, 0.29) is 18.0 Å². The summed E-state index contributed by atoms with van der Waals surface area (Å²) in [4.78, 5) is 0. The quantitative estimate of drug-likeness (QED) is 0.811. The third-order valence-electron chi connectivity index (χ3n) is 2.25. The first-order valence-electron chi connectivity index (χ1n) is 5.28. The summed E-state index contributed by atoms with van der Waals surface area (Å²) in [6, 6.07) is 2.43. The Morgan fingerprint density at radius 3 is 2.14 bits per heavy atom. The van der Waals surface area contributed by atoms with E-state index in [9.17, 15) is 30.7 Å². The Kier molecular flexibility index (Phi) is 6.75. The van der Waals surface area contributed by atoms with Gasteiger partial charge in [-0.05, 0) is 17.7 Å². The number of nitrogens with two attached hydrogens (primary N) is 1. The van der Waals surface area contributed by atoms with Crippen LogP contribution in [0.4, 0.5) is 30.7 Å². The molecule has 2 N–H and O–H groups in total. The van der Waals surface area contributed by atoms with Crippen molar-refractivity contribution in [3.8, 4) is 5.75 Å². The molecule has 2 nitrogen and oxygen atoms in total. The number of alkyl halides is 7. The molecular weight excluding hydrogens is 331 g/mol. The van der Waals surface area contributed by atoms with E-state index in [2.05, 4.69) is 4.74 Å². The second-order valence-corrected chi connectivity index (χ2v) is 3.96. The molecule has 1 aromatic rings. The van der Waals surface area contributed by atoms with Crippen molar-refractivity contribution in [2.45, 2.75) is 31.2 Å². The van der Waals surface area contributed by atoms with Crippen molar-refractivity contribution in [1.29, 1.82) is 0 Å². The lowest BCUT2D eigenvalue weighted by Crippen LogP contribution is -2.33. The van der Waals surface area contributed by atoms with Crippen LogP contribution < -0.4 is 10.5 Å². The molecule has 0 unspecified atom stereocenters. The fraction of sp³-hybridized carbons (Fsp3) is 0.455. The van der Waals surface area contributed by atoms with Crippen LogP contribution in [0.25, 0.3) is 0 Å². The Labute approximate surface area is 121 Å². The Balaban J connectivity index is 0.00000400. The average Bonchev–Trinajstić information content (AvgIpc) is 2.26. The molecule has 0 saturated carbocycles. The minimum atomic E-state index is -4.73. The molecule has 1 rings (SSSR count). The van der Waals surface area contributed by atoms with Gasteiger partial charge in [-0.2, -0.15) is 30.7 Å². The molecule has 0 radical (unpaired) electrons. The van der Waals surface area contributed by atoms with Gasteiger partial charge in [-0.3, -0.25) is 0 Å². The molecule has 1 aromatic carbocycles. The molecular formula is C11H11ClF7NO. The van der Waals surface area contributed by atoms with Crippen LogP contribution in [-0.4, -0.2) is 18.7 Å². The van der Waals surface area contributed by atoms with E-state index < -0.39 is 36.9 Å². The molecule has 0 aliphatic carbocycles. The van der Waals surface area contributed by atoms with Gasteiger partial charge in [0.25, 0.3) is 0 Å². The molecule has 1 atom stereocenters. The molecule has 0 heterocycles. The fourth-order valence-corrected chi connectivity index (χ4v) is 1.38. The number of halogens is 8. The summed E-state index contributed by atoms with van der Waals surface area (Å²) < 4.78 is 89.3. The minimum absolute atomic E-state index is 0. The monoisotopic (exact) mass is 341 g/mol. The lowest BCUT2D eigenvalue weighted by Gasteiger charge is -2.19. The van der Waals surface area contributed by atoms with Crippen LogP contribution in [0.5, 0.6) is 5.75 Å². The number of benzene rings is 1. The molecule has 0 bridgehead atoms. The van der Waals surface area contributed by atoms with E-state index in [1.54, 1.807) is 0 Å². The maximum atomic E-state index is 12.7. The predicted molar refractivity (Wildman–Crippen MR) is 62.9 cm³/mol. The summed E-state index contributed by atoms with van der Waals surface area (Å²) in [5.41, 5.74) is 5.11. The van der Waals surface area contributed by atoms with Gasteiger partial charge >= 0.3 is 18.7 Å². The first-order chi connectivity index (χ1) is 9.01. The summed E-state index contributed by atoms with van der Waals surface area (Å²) in [6.45, 7) is 0. The Morgan fingerprint density at radius 1 is 1.10 bits per heavy atom. The molecule has 0 aliphatic rings. The highest BCUT2D eigenvalue weighted by Crippen LogP contribution is 2.31. The topological polar surface area (TPSA) is 35.2 Å². The van der Waals surface area contributed by atoms with E-state index >= 15 is 0 Å². The molecule has 0 amide bonds. The number of hydrogen-bond donors (Lipinski definition) is 1. The van der Waals surface area contributed by atoms with Crippen molar-refractivity contribution in [3.63, 3.8) is 0 Å². The highest BCUT2D eigenvalue weighted by atomic mass is 35.5. The predicted octanol–water partition coefficient (Wildman–Crippen LogP) is 4.30. The number of hydrogen-bond acceptors (Lipinski definition) is 2. The molecule has 0 aromatic heterocycles. The van der Waals surface area contributed by atoms with Gasteiger partial charge in [-0.15, -0.1) is 12.4 Å². The van der Waals surface area contributed by atoms with E-state index in [1.165, 1.54) is 0 Å². The first-order valence-corrected chi connectivity index (χ1v) is 5.28. The fourth-order valence-electron chi connectivity index (χ4n) is 1.38. The first kappa shape index (κ1) is 19.8. The lowest BCUT2D eigenvalue weighted by molar-refractivity contribution is -0.253. The van der Waals surface area contributed by atoms with E-state index in [0.717, 1.165) is 24.3 Å². The Hall–Kier alpha value is -1.22. The molecule has 0 saturated heterocycles. The Bertz CT molecular complexity index is 452. The van der Waals surface area contributed by atoms with Crippen LogP contribution in [0.1, 0.15) is 18.0 Å². The van der Waals surface area contributed by atoms with Gasteiger partial charge in [-0.1, -0.05) is 12.1 Å². The van der Waals surface area contributed by atoms with Crippen LogP contribution in [0, 0.1) is 0 Å². The maximum absolute atomic E-state index is 12.7. The summed E-state index contributed by atoms with van der Waals surface area (Å²) in [7, 11) is 0. The van der Waals surface area contributed by atoms with Crippen molar-refractivity contribution in [2.75, 3.05) is 0 Å². The van der Waals surface area contributed by atoms with Gasteiger partial charge in [0.1, 0.15) is 5.75 Å². The molecule has 0 aliphatic heterocycles. The zero-order chi connectivity index (χ0) is 15.6. The van der Waals surface area contributed by atoms with Crippen LogP contribution in [-0.2, 0) is 0 Å². The summed E-state index contributed by atoms with van der Waals surface area (Å²) in [5.74, 6) is -0.689. The van der Waals surface area contributed by atoms with Crippen molar-refractivity contribution in [1.82, 2.24) is 0 Å². The second kappa shape index (κ2) is 7.17. The number of rotatable bonds is 5. The van der Waals surface area contributed by atoms with E-state index in [1.807, 2.05) is 0 Å². The molecule has 0 fully saturated rings. The zero-order valence-corrected chi connectivity index (χ0v) is 11.0. The van der Waals surface area contributed by atoms with Crippen molar-refractivity contribution >= 4 is 12.4 Å². The lowest BCUT2D eigenvalue weighted by atomic mass is 10.0. The van der Waals surface area contributed by atoms with Crippen molar-refractivity contribution in [2.24, 2.45) is 5.73 Å². The highest BCUT2D eigenvalue weighted by Gasteiger charge is 2.44. The highest BCUT2D eigenvalue weighted by molar-refractivity contribution is 5.85. The molecule has 122 valence electrons. The normalized spacial score (nSPS) is 13.8. The van der Waals surface area contributed by atoms with Crippen LogP contribution in [0.2, 0.25) is 0 Å². The minimum Gasteiger partial charge on any atom is -0.428 e. The largest absolute Gasteiger partial charge is 0.461 e. The van der Waals surface area contributed by atoms with Gasteiger partial charge in [0, 0.05) is 6.04 Å². The van der Waals surface area contributed by atoms with Gasteiger partial charge in [0.2, 0.25) is 0 Å². The van der Waals surface area contributed by atoms with Crippen LogP contribution >= 0.6 is 12.4 Å². The third-order valence-corrected chi connectivity index (χ3v) is 2.25. The van der Waals surface area contributed by atoms with Crippen molar-refractivity contribution < 1.29 is 35.5 Å². The zero-order valence-electron chi connectivity index (χ0n) is 10.2. The Morgan fingerprint density at radius 2 is 1.67 bits per heavy atom. The van der Waals surface area contributed by atoms with Crippen LogP contribution in [0.15, 0.2) is 24.3 Å². The van der Waals surface area contributed by atoms with Gasteiger partial charge < -0.3 is 10.5 Å². The standard InChI is InChI=1S/C11H10F7NO.ClH/c12-9(13)11(17,18)20-7-3-1-2-6(4-7)8(19)5-10(14,15)16;/h1-4,8-9H,5,19H2;1H/t8-;/m1./s1. The molecule has 10 heteroatoms. The summed E-state index contributed by atoms with van der Waals surface area (Å²) >= 11 is 0. The maximum Gasteiger partial charge on any atom is 0.461 e. The van der Waals surface area contributed by atoms with Crippen molar-refractivity contribution in [3.05, 3.63) is 29.8 Å². The third kappa shape index (κ3) is 6.38.